The maximum atomic E-state index is 13.1. The Balaban J connectivity index is 1.72. The second kappa shape index (κ2) is 9.22. The van der Waals surface area contributed by atoms with Crippen molar-refractivity contribution in [3.8, 4) is 0 Å². The highest BCUT2D eigenvalue weighted by molar-refractivity contribution is 5.95. The van der Waals surface area contributed by atoms with E-state index < -0.39 is 11.7 Å². The number of anilines is 2. The second-order valence-corrected chi connectivity index (χ2v) is 9.24. The van der Waals surface area contributed by atoms with Crippen molar-refractivity contribution in [3.63, 3.8) is 0 Å². The van der Waals surface area contributed by atoms with Gasteiger partial charge in [-0.15, -0.1) is 0 Å². The highest BCUT2D eigenvalue weighted by Gasteiger charge is 2.31. The van der Waals surface area contributed by atoms with E-state index in [4.69, 9.17) is 0 Å². The van der Waals surface area contributed by atoms with Gasteiger partial charge in [0.15, 0.2) is 0 Å². The normalized spacial score (nSPS) is 15.1. The molecule has 0 radical (unpaired) electrons. The average molecular weight is 448 g/mol. The molecule has 0 unspecified atom stereocenters. The van der Waals surface area contributed by atoms with E-state index in [9.17, 15) is 22.8 Å². The molecule has 8 heteroatoms. The van der Waals surface area contributed by atoms with E-state index in [1.807, 2.05) is 20.8 Å². The first-order valence-corrected chi connectivity index (χ1v) is 10.5. The van der Waals surface area contributed by atoms with Gasteiger partial charge in [-0.2, -0.15) is 13.2 Å². The Morgan fingerprint density at radius 2 is 1.75 bits per heavy atom. The summed E-state index contributed by atoms with van der Waals surface area (Å²) in [5, 5.41) is 2.87. The number of carbonyl (C=O) groups is 2. The molecule has 1 aliphatic rings. The number of carbonyl (C=O) groups excluding carboxylic acids is 2. The Hall–Kier alpha value is -3.03. The smallest absolute Gasteiger partial charge is 0.326 e. The van der Waals surface area contributed by atoms with Gasteiger partial charge in [-0.05, 0) is 47.7 Å². The number of nitrogens with one attached hydrogen (secondary N) is 1. The number of urea groups is 1. The number of alkyl halides is 3. The molecule has 1 saturated heterocycles. The van der Waals surface area contributed by atoms with Crippen LogP contribution in [0.1, 0.15) is 44.7 Å². The first-order chi connectivity index (χ1) is 14.9. The van der Waals surface area contributed by atoms with Crippen molar-refractivity contribution in [2.45, 2.75) is 46.3 Å². The first kappa shape index (κ1) is 23.6. The summed E-state index contributed by atoms with van der Waals surface area (Å²) in [4.78, 5) is 28.5. The third-order valence-electron chi connectivity index (χ3n) is 5.07. The molecule has 0 saturated carbocycles. The van der Waals surface area contributed by atoms with Crippen LogP contribution in [0.5, 0.6) is 0 Å². The summed E-state index contributed by atoms with van der Waals surface area (Å²) in [6.07, 6.45) is -3.37. The monoisotopic (exact) mass is 447 g/mol. The minimum atomic E-state index is -4.42. The van der Waals surface area contributed by atoms with Crippen LogP contribution < -0.4 is 10.2 Å². The molecule has 172 valence electrons. The van der Waals surface area contributed by atoms with Gasteiger partial charge >= 0.3 is 12.2 Å². The maximum Gasteiger partial charge on any atom is 0.416 e. The lowest BCUT2D eigenvalue weighted by atomic mass is 9.92. The van der Waals surface area contributed by atoms with Gasteiger partial charge in [-0.25, -0.2) is 4.79 Å². The molecule has 32 heavy (non-hydrogen) atoms. The fourth-order valence-corrected chi connectivity index (χ4v) is 3.67. The number of benzene rings is 2. The van der Waals surface area contributed by atoms with Gasteiger partial charge < -0.3 is 10.2 Å². The Labute approximate surface area is 186 Å². The van der Waals surface area contributed by atoms with Crippen molar-refractivity contribution in [1.29, 1.82) is 0 Å². The number of nitrogens with zero attached hydrogens (tertiary/aromatic N) is 2. The Bertz CT molecular complexity index is 983. The predicted molar refractivity (Wildman–Crippen MR) is 118 cm³/mol. The summed E-state index contributed by atoms with van der Waals surface area (Å²) in [5.74, 6) is -0.106. The molecule has 1 heterocycles. The molecule has 0 bridgehead atoms. The third-order valence-corrected chi connectivity index (χ3v) is 5.07. The fraction of sp³-hybridized carbons (Fsp3) is 0.417. The van der Waals surface area contributed by atoms with E-state index in [0.717, 1.165) is 12.1 Å². The lowest BCUT2D eigenvalue weighted by molar-refractivity contribution is -0.137. The number of rotatable bonds is 5. The summed E-state index contributed by atoms with van der Waals surface area (Å²) in [6, 6.07) is 11.8. The van der Waals surface area contributed by atoms with E-state index >= 15 is 0 Å². The minimum Gasteiger partial charge on any atom is -0.326 e. The van der Waals surface area contributed by atoms with Crippen LogP contribution in [0.4, 0.5) is 29.3 Å². The van der Waals surface area contributed by atoms with Crippen LogP contribution in [0, 0.1) is 5.41 Å². The van der Waals surface area contributed by atoms with Crippen LogP contribution in [0.25, 0.3) is 0 Å². The standard InChI is InChI=1S/C24H28F3N3O2/c1-23(2,3)15-21(31)28-19-9-5-10-20(14-19)30-12-6-11-29(22(30)32)16-17-7-4-8-18(13-17)24(25,26)27/h4-5,7-10,13-14H,6,11-12,15-16H2,1-3H3,(H,28,31). The number of halogens is 3. The molecule has 1 aliphatic heterocycles. The van der Waals surface area contributed by atoms with Crippen LogP contribution in [0.2, 0.25) is 0 Å². The number of hydrogen-bond acceptors (Lipinski definition) is 2. The van der Waals surface area contributed by atoms with E-state index in [1.54, 1.807) is 40.1 Å². The molecule has 2 aromatic rings. The molecular formula is C24H28F3N3O2. The molecule has 2 aromatic carbocycles. The van der Waals surface area contributed by atoms with Crippen molar-refractivity contribution in [2.24, 2.45) is 5.41 Å². The lowest BCUT2D eigenvalue weighted by Gasteiger charge is -2.36. The molecule has 0 aromatic heterocycles. The molecule has 0 aliphatic carbocycles. The van der Waals surface area contributed by atoms with Gasteiger partial charge in [-0.1, -0.05) is 39.0 Å². The largest absolute Gasteiger partial charge is 0.416 e. The van der Waals surface area contributed by atoms with E-state index in [-0.39, 0.29) is 23.9 Å². The molecule has 3 rings (SSSR count). The van der Waals surface area contributed by atoms with Crippen LogP contribution in [-0.4, -0.2) is 29.9 Å². The summed E-state index contributed by atoms with van der Waals surface area (Å²) in [7, 11) is 0. The summed E-state index contributed by atoms with van der Waals surface area (Å²) < 4.78 is 39.0. The van der Waals surface area contributed by atoms with Crippen LogP contribution in [0.15, 0.2) is 48.5 Å². The zero-order valence-corrected chi connectivity index (χ0v) is 18.5. The quantitative estimate of drug-likeness (QED) is 0.619. The van der Waals surface area contributed by atoms with Gasteiger partial charge in [-0.3, -0.25) is 9.69 Å². The fourth-order valence-electron chi connectivity index (χ4n) is 3.67. The van der Waals surface area contributed by atoms with Crippen LogP contribution >= 0.6 is 0 Å². The van der Waals surface area contributed by atoms with Crippen molar-refractivity contribution in [1.82, 2.24) is 4.90 Å². The molecule has 3 amide bonds. The van der Waals surface area contributed by atoms with E-state index in [1.165, 1.54) is 6.07 Å². The highest BCUT2D eigenvalue weighted by atomic mass is 19.4. The van der Waals surface area contributed by atoms with Crippen molar-refractivity contribution in [2.75, 3.05) is 23.3 Å². The highest BCUT2D eigenvalue weighted by Crippen LogP contribution is 2.30. The second-order valence-electron chi connectivity index (χ2n) is 9.24. The first-order valence-electron chi connectivity index (χ1n) is 10.5. The van der Waals surface area contributed by atoms with Crippen LogP contribution in [0.3, 0.4) is 0 Å². The maximum absolute atomic E-state index is 13.1. The summed E-state index contributed by atoms with van der Waals surface area (Å²) in [5.41, 5.74) is 0.791. The number of hydrogen-bond donors (Lipinski definition) is 1. The van der Waals surface area contributed by atoms with Gasteiger partial charge in [0, 0.05) is 37.4 Å². The zero-order chi connectivity index (χ0) is 23.5. The number of amides is 3. The zero-order valence-electron chi connectivity index (χ0n) is 18.5. The van der Waals surface area contributed by atoms with E-state index in [2.05, 4.69) is 5.32 Å². The van der Waals surface area contributed by atoms with Crippen molar-refractivity contribution >= 4 is 23.3 Å². The molecule has 5 nitrogen and oxygen atoms in total. The average Bonchev–Trinajstić information content (AvgIpc) is 2.68. The molecule has 0 spiro atoms. The van der Waals surface area contributed by atoms with Crippen molar-refractivity contribution < 1.29 is 22.8 Å². The van der Waals surface area contributed by atoms with Gasteiger partial charge in [0.25, 0.3) is 0 Å². The molecule has 0 atom stereocenters. The Kier molecular flexibility index (Phi) is 6.81. The van der Waals surface area contributed by atoms with Crippen LogP contribution in [-0.2, 0) is 17.5 Å². The van der Waals surface area contributed by atoms with Gasteiger partial charge in [0.2, 0.25) is 5.91 Å². The molecule has 1 fully saturated rings. The Morgan fingerprint density at radius 1 is 1.03 bits per heavy atom. The molecule has 1 N–H and O–H groups in total. The summed E-state index contributed by atoms with van der Waals surface area (Å²) >= 11 is 0. The predicted octanol–water partition coefficient (Wildman–Crippen LogP) is 5.91. The van der Waals surface area contributed by atoms with Gasteiger partial charge in [0.1, 0.15) is 0 Å². The topological polar surface area (TPSA) is 52.7 Å². The minimum absolute atomic E-state index is 0.0985. The lowest BCUT2D eigenvalue weighted by Crippen LogP contribution is -2.49. The van der Waals surface area contributed by atoms with Crippen molar-refractivity contribution in [3.05, 3.63) is 59.7 Å². The van der Waals surface area contributed by atoms with E-state index in [0.29, 0.717) is 42.9 Å². The Morgan fingerprint density at radius 3 is 2.44 bits per heavy atom. The van der Waals surface area contributed by atoms with Gasteiger partial charge in [0.05, 0.1) is 5.56 Å². The summed E-state index contributed by atoms with van der Waals surface area (Å²) in [6.45, 7) is 7.00. The SMILES string of the molecule is CC(C)(C)CC(=O)Nc1cccc(N2CCCN(Cc3cccc(C(F)(F)F)c3)C2=O)c1. The molecular weight excluding hydrogens is 419 g/mol. The third kappa shape index (κ3) is 6.24.